The lowest BCUT2D eigenvalue weighted by Crippen LogP contribution is -2.22. The molecule has 0 fully saturated rings. The molecule has 0 bridgehead atoms. The van der Waals surface area contributed by atoms with Crippen molar-refractivity contribution in [3.8, 4) is 0 Å². The van der Waals surface area contributed by atoms with Gasteiger partial charge in [0.05, 0.1) is 11.9 Å². The molecule has 0 aliphatic heterocycles. The van der Waals surface area contributed by atoms with Gasteiger partial charge in [0.15, 0.2) is 14.9 Å². The number of pyridine rings is 1. The summed E-state index contributed by atoms with van der Waals surface area (Å²) in [6.45, 7) is 0. The van der Waals surface area contributed by atoms with Crippen LogP contribution in [0.5, 0.6) is 0 Å². The van der Waals surface area contributed by atoms with Gasteiger partial charge in [-0.05, 0) is 12.1 Å². The van der Waals surface area contributed by atoms with Crippen LogP contribution in [0.2, 0.25) is 0 Å². The predicted molar refractivity (Wildman–Crippen MR) is 63.4 cm³/mol. The van der Waals surface area contributed by atoms with E-state index < -0.39 is 30.9 Å². The molecule has 18 heavy (non-hydrogen) atoms. The monoisotopic (exact) mass is 294 g/mol. The van der Waals surface area contributed by atoms with Gasteiger partial charge in [0.25, 0.3) is 0 Å². The minimum Gasteiger partial charge on any atom is -0.477 e. The normalized spacial score (nSPS) is 12.1. The van der Waals surface area contributed by atoms with Crippen molar-refractivity contribution in [1.29, 1.82) is 0 Å². The zero-order valence-electron chi connectivity index (χ0n) is 9.19. The molecule has 10 heteroatoms. The zero-order chi connectivity index (χ0) is 14.0. The van der Waals surface area contributed by atoms with Gasteiger partial charge in [0.2, 0.25) is 10.0 Å². The van der Waals surface area contributed by atoms with Crippen LogP contribution in [0, 0.1) is 0 Å². The van der Waals surface area contributed by atoms with Crippen LogP contribution in [0.3, 0.4) is 0 Å². The van der Waals surface area contributed by atoms with Gasteiger partial charge in [0.1, 0.15) is 5.69 Å². The van der Waals surface area contributed by atoms with Crippen LogP contribution < -0.4 is 4.72 Å². The highest BCUT2D eigenvalue weighted by Gasteiger charge is 2.18. The first-order chi connectivity index (χ1) is 8.09. The van der Waals surface area contributed by atoms with Crippen LogP contribution >= 0.6 is 0 Å². The number of aromatic carboxylic acids is 1. The first kappa shape index (κ1) is 14.4. The summed E-state index contributed by atoms with van der Waals surface area (Å²) < 4.78 is 46.5. The van der Waals surface area contributed by atoms with Crippen molar-refractivity contribution in [1.82, 2.24) is 4.98 Å². The second-order valence-electron chi connectivity index (χ2n) is 3.50. The summed E-state index contributed by atoms with van der Waals surface area (Å²) in [6.07, 6.45) is 1.78. The summed E-state index contributed by atoms with van der Waals surface area (Å²) in [5.41, 5.74) is -0.260. The number of nitrogens with zero attached hydrogens (tertiary/aromatic N) is 1. The topological polar surface area (TPSA) is 130 Å². The molecule has 0 atom stereocenters. The molecule has 1 aromatic rings. The fourth-order valence-electron chi connectivity index (χ4n) is 1.07. The molecule has 2 N–H and O–H groups in total. The number of nitrogens with one attached hydrogen (secondary N) is 1. The third kappa shape index (κ3) is 4.67. The highest BCUT2D eigenvalue weighted by atomic mass is 32.3. The van der Waals surface area contributed by atoms with Crippen LogP contribution in [0.4, 0.5) is 5.69 Å². The molecule has 0 spiro atoms. The molecule has 1 aromatic heterocycles. The number of aromatic nitrogens is 1. The molecule has 0 saturated carbocycles. The molecule has 0 aliphatic carbocycles. The number of carbonyl (C=O) groups is 1. The second-order valence-corrected chi connectivity index (χ2v) is 7.73. The summed E-state index contributed by atoms with van der Waals surface area (Å²) in [6, 6.07) is 2.27. The molecule has 0 saturated heterocycles. The number of sulfonamides is 1. The van der Waals surface area contributed by atoms with Crippen LogP contribution in [0.1, 0.15) is 10.5 Å². The van der Waals surface area contributed by atoms with E-state index in [9.17, 15) is 21.6 Å². The molecular formula is C8H10N2O6S2. The van der Waals surface area contributed by atoms with Gasteiger partial charge >= 0.3 is 5.97 Å². The Bertz CT molecular complexity index is 647. The van der Waals surface area contributed by atoms with E-state index in [1.807, 2.05) is 4.72 Å². The van der Waals surface area contributed by atoms with E-state index in [-0.39, 0.29) is 11.4 Å². The Morgan fingerprint density at radius 2 is 1.94 bits per heavy atom. The van der Waals surface area contributed by atoms with Crippen molar-refractivity contribution in [2.45, 2.75) is 0 Å². The van der Waals surface area contributed by atoms with Gasteiger partial charge in [-0.15, -0.1) is 0 Å². The van der Waals surface area contributed by atoms with Crippen LogP contribution in [0.25, 0.3) is 0 Å². The van der Waals surface area contributed by atoms with E-state index in [4.69, 9.17) is 5.11 Å². The highest BCUT2D eigenvalue weighted by Crippen LogP contribution is 2.09. The first-order valence-corrected chi connectivity index (χ1v) is 8.18. The Balaban J connectivity index is 2.88. The number of carboxylic acids is 1. The van der Waals surface area contributed by atoms with Crippen molar-refractivity contribution >= 4 is 31.5 Å². The van der Waals surface area contributed by atoms with Gasteiger partial charge < -0.3 is 5.11 Å². The lowest BCUT2D eigenvalue weighted by atomic mass is 10.3. The SMILES string of the molecule is CS(=O)(=O)CS(=O)(=O)Nc1ccc(C(=O)O)nc1. The number of hydrogen-bond donors (Lipinski definition) is 2. The van der Waals surface area contributed by atoms with Gasteiger partial charge in [-0.25, -0.2) is 26.6 Å². The minimum absolute atomic E-state index is 0.0105. The van der Waals surface area contributed by atoms with Crippen LogP contribution in [0.15, 0.2) is 18.3 Å². The van der Waals surface area contributed by atoms with Crippen molar-refractivity contribution < 1.29 is 26.7 Å². The molecule has 1 heterocycles. The average molecular weight is 294 g/mol. The fraction of sp³-hybridized carbons (Fsp3) is 0.250. The quantitative estimate of drug-likeness (QED) is 0.750. The third-order valence-corrected chi connectivity index (χ3v) is 5.13. The lowest BCUT2D eigenvalue weighted by molar-refractivity contribution is 0.0690. The molecule has 0 unspecified atom stereocenters. The maximum Gasteiger partial charge on any atom is 0.354 e. The molecular weight excluding hydrogens is 284 g/mol. The zero-order valence-corrected chi connectivity index (χ0v) is 10.8. The van der Waals surface area contributed by atoms with E-state index in [1.54, 1.807) is 0 Å². The van der Waals surface area contributed by atoms with E-state index in [2.05, 4.69) is 4.98 Å². The van der Waals surface area contributed by atoms with Gasteiger partial charge in [-0.2, -0.15) is 0 Å². The largest absolute Gasteiger partial charge is 0.477 e. The highest BCUT2D eigenvalue weighted by molar-refractivity contribution is 8.08. The maximum absolute atomic E-state index is 11.4. The molecule has 0 amide bonds. The number of carboxylic acid groups (broad SMARTS) is 1. The third-order valence-electron chi connectivity index (χ3n) is 1.63. The Morgan fingerprint density at radius 1 is 1.33 bits per heavy atom. The standard InChI is InChI=1S/C8H10N2O6S2/c1-17(13,14)5-18(15,16)10-6-2-3-7(8(11)12)9-4-6/h2-4,10H,5H2,1H3,(H,11,12). The summed E-state index contributed by atoms with van der Waals surface area (Å²) in [4.78, 5) is 14.0. The summed E-state index contributed by atoms with van der Waals surface area (Å²) >= 11 is 0. The van der Waals surface area contributed by atoms with Gasteiger partial charge in [-0.3, -0.25) is 4.72 Å². The van der Waals surface area contributed by atoms with Crippen LogP contribution in [-0.4, -0.2) is 44.2 Å². The number of hydrogen-bond acceptors (Lipinski definition) is 6. The van der Waals surface area contributed by atoms with Crippen molar-refractivity contribution in [2.75, 3.05) is 16.1 Å². The van der Waals surface area contributed by atoms with E-state index >= 15 is 0 Å². The molecule has 1 rings (SSSR count). The van der Waals surface area contributed by atoms with Crippen molar-refractivity contribution in [3.05, 3.63) is 24.0 Å². The van der Waals surface area contributed by atoms with Crippen molar-refractivity contribution in [3.63, 3.8) is 0 Å². The van der Waals surface area contributed by atoms with Gasteiger partial charge in [0, 0.05) is 6.26 Å². The molecule has 0 radical (unpaired) electrons. The number of anilines is 1. The Hall–Kier alpha value is -1.68. The predicted octanol–water partition coefficient (Wildman–Crippen LogP) is -0.476. The van der Waals surface area contributed by atoms with E-state index in [0.717, 1.165) is 18.5 Å². The van der Waals surface area contributed by atoms with E-state index in [0.29, 0.717) is 0 Å². The Morgan fingerprint density at radius 3 is 2.33 bits per heavy atom. The molecule has 0 aliphatic rings. The average Bonchev–Trinajstić information content (AvgIpc) is 2.13. The Labute approximate surface area is 104 Å². The van der Waals surface area contributed by atoms with Crippen LogP contribution in [-0.2, 0) is 19.9 Å². The smallest absolute Gasteiger partial charge is 0.354 e. The maximum atomic E-state index is 11.4. The minimum atomic E-state index is -4.05. The molecule has 8 nitrogen and oxygen atoms in total. The first-order valence-electron chi connectivity index (χ1n) is 4.47. The van der Waals surface area contributed by atoms with E-state index in [1.165, 1.54) is 6.07 Å². The number of sulfone groups is 1. The number of rotatable bonds is 5. The van der Waals surface area contributed by atoms with Crippen molar-refractivity contribution in [2.24, 2.45) is 0 Å². The summed E-state index contributed by atoms with van der Waals surface area (Å²) in [5.74, 6) is -1.25. The lowest BCUT2D eigenvalue weighted by Gasteiger charge is -2.06. The molecule has 100 valence electrons. The summed E-state index contributed by atoms with van der Waals surface area (Å²) in [5, 5.41) is 7.53. The fourth-order valence-corrected chi connectivity index (χ4v) is 4.04. The molecule has 0 aromatic carbocycles. The Kier molecular flexibility index (Phi) is 3.92. The summed E-state index contributed by atoms with van der Waals surface area (Å²) in [7, 11) is -7.74. The second kappa shape index (κ2) is 4.90. The van der Waals surface area contributed by atoms with Gasteiger partial charge in [-0.1, -0.05) is 0 Å².